The van der Waals surface area contributed by atoms with Crippen molar-refractivity contribution in [2.24, 2.45) is 0 Å². The van der Waals surface area contributed by atoms with Crippen LogP contribution in [-0.4, -0.2) is 44.2 Å². The van der Waals surface area contributed by atoms with E-state index in [9.17, 15) is 0 Å². The third kappa shape index (κ3) is 7.01. The summed E-state index contributed by atoms with van der Waals surface area (Å²) in [4.78, 5) is 0. The minimum atomic E-state index is 0. The average Bonchev–Trinajstić information content (AvgIpc) is 2.24. The molecule has 0 fully saturated rings. The molecule has 0 aromatic heterocycles. The second-order valence-corrected chi connectivity index (χ2v) is 3.53. The van der Waals surface area contributed by atoms with E-state index in [1.807, 2.05) is 26.0 Å². The van der Waals surface area contributed by atoms with E-state index in [-0.39, 0.29) is 12.4 Å². The SMILES string of the molecule is C=CC[N+](CC=C)(COCC)COCC.[Cl-]. The highest BCUT2D eigenvalue weighted by Gasteiger charge is 2.24. The fraction of sp³-hybridized carbons (Fsp3) is 0.667. The summed E-state index contributed by atoms with van der Waals surface area (Å²) >= 11 is 0. The Labute approximate surface area is 106 Å². The van der Waals surface area contributed by atoms with Crippen LogP contribution in [0.25, 0.3) is 0 Å². The molecular formula is C12H24ClNO2. The van der Waals surface area contributed by atoms with Crippen LogP contribution in [0.1, 0.15) is 13.8 Å². The van der Waals surface area contributed by atoms with E-state index < -0.39 is 0 Å². The molecule has 0 spiro atoms. The van der Waals surface area contributed by atoms with Crippen LogP contribution < -0.4 is 12.4 Å². The lowest BCUT2D eigenvalue weighted by atomic mass is 10.4. The van der Waals surface area contributed by atoms with Crippen LogP contribution in [-0.2, 0) is 9.47 Å². The molecule has 0 saturated heterocycles. The summed E-state index contributed by atoms with van der Waals surface area (Å²) in [5, 5.41) is 0. The fourth-order valence-electron chi connectivity index (χ4n) is 1.44. The number of rotatable bonds is 10. The van der Waals surface area contributed by atoms with E-state index >= 15 is 0 Å². The number of hydrogen-bond donors (Lipinski definition) is 0. The molecule has 0 radical (unpaired) electrons. The lowest BCUT2D eigenvalue weighted by Crippen LogP contribution is -3.00. The predicted molar refractivity (Wildman–Crippen MR) is 63.4 cm³/mol. The lowest BCUT2D eigenvalue weighted by Gasteiger charge is -2.35. The zero-order chi connectivity index (χ0) is 11.6. The van der Waals surface area contributed by atoms with Gasteiger partial charge >= 0.3 is 0 Å². The topological polar surface area (TPSA) is 18.5 Å². The molecule has 0 unspecified atom stereocenters. The lowest BCUT2D eigenvalue weighted by molar-refractivity contribution is -0.952. The van der Waals surface area contributed by atoms with Gasteiger partial charge in [-0.3, -0.25) is 4.48 Å². The van der Waals surface area contributed by atoms with Crippen molar-refractivity contribution in [1.29, 1.82) is 0 Å². The molecule has 0 atom stereocenters. The summed E-state index contributed by atoms with van der Waals surface area (Å²) in [6.07, 6.45) is 3.81. The molecule has 0 bridgehead atoms. The van der Waals surface area contributed by atoms with Gasteiger partial charge in [0.25, 0.3) is 0 Å². The zero-order valence-electron chi connectivity index (χ0n) is 10.5. The van der Waals surface area contributed by atoms with E-state index in [2.05, 4.69) is 13.2 Å². The minimum Gasteiger partial charge on any atom is -1.00 e. The molecule has 0 amide bonds. The smallest absolute Gasteiger partial charge is 0.185 e. The molecule has 0 aliphatic rings. The summed E-state index contributed by atoms with van der Waals surface area (Å²) < 4.78 is 11.7. The maximum absolute atomic E-state index is 5.50. The van der Waals surface area contributed by atoms with E-state index in [4.69, 9.17) is 9.47 Å². The van der Waals surface area contributed by atoms with Crippen molar-refractivity contribution < 1.29 is 26.4 Å². The second-order valence-electron chi connectivity index (χ2n) is 3.53. The molecule has 0 aromatic carbocycles. The van der Waals surface area contributed by atoms with Crippen molar-refractivity contribution in [2.45, 2.75) is 13.8 Å². The molecule has 0 aromatic rings. The van der Waals surface area contributed by atoms with E-state index in [1.165, 1.54) is 0 Å². The van der Waals surface area contributed by atoms with Crippen molar-refractivity contribution in [1.82, 2.24) is 0 Å². The predicted octanol–water partition coefficient (Wildman–Crippen LogP) is -0.833. The van der Waals surface area contributed by atoms with Gasteiger partial charge in [-0.1, -0.05) is 13.2 Å². The number of quaternary nitrogens is 1. The van der Waals surface area contributed by atoms with Crippen molar-refractivity contribution >= 4 is 0 Å². The second kappa shape index (κ2) is 11.1. The average molecular weight is 250 g/mol. The van der Waals surface area contributed by atoms with Gasteiger partial charge in [0.1, 0.15) is 13.1 Å². The van der Waals surface area contributed by atoms with E-state index in [0.29, 0.717) is 17.9 Å². The number of nitrogens with zero attached hydrogens (tertiary/aromatic N) is 1. The van der Waals surface area contributed by atoms with Crippen LogP contribution in [0.4, 0.5) is 0 Å². The molecular weight excluding hydrogens is 226 g/mol. The largest absolute Gasteiger partial charge is 1.00 e. The Hall–Kier alpha value is -0.350. The first-order valence-electron chi connectivity index (χ1n) is 5.47. The van der Waals surface area contributed by atoms with E-state index in [1.54, 1.807) is 0 Å². The number of halogens is 1. The molecule has 0 aliphatic carbocycles. The molecule has 0 rings (SSSR count). The van der Waals surface area contributed by atoms with Crippen molar-refractivity contribution in [3.63, 3.8) is 0 Å². The highest BCUT2D eigenvalue weighted by Crippen LogP contribution is 2.08. The monoisotopic (exact) mass is 249 g/mol. The van der Waals surface area contributed by atoms with E-state index in [0.717, 1.165) is 26.3 Å². The van der Waals surface area contributed by atoms with Crippen LogP contribution in [0, 0.1) is 0 Å². The summed E-state index contributed by atoms with van der Waals surface area (Å²) in [5.41, 5.74) is 0. The molecule has 3 nitrogen and oxygen atoms in total. The Bertz CT molecular complexity index is 166. The van der Waals surface area contributed by atoms with Crippen LogP contribution >= 0.6 is 0 Å². The Balaban J connectivity index is 0. The normalized spacial score (nSPS) is 10.6. The van der Waals surface area contributed by atoms with Gasteiger partial charge in [-0.2, -0.15) is 0 Å². The van der Waals surface area contributed by atoms with Gasteiger partial charge < -0.3 is 21.9 Å². The summed E-state index contributed by atoms with van der Waals surface area (Å²) in [6, 6.07) is 0. The Morgan fingerprint density at radius 3 is 1.56 bits per heavy atom. The molecule has 0 aliphatic heterocycles. The van der Waals surface area contributed by atoms with Crippen molar-refractivity contribution in [2.75, 3.05) is 39.8 Å². The Morgan fingerprint density at radius 2 is 1.31 bits per heavy atom. The van der Waals surface area contributed by atoms with Gasteiger partial charge in [0.15, 0.2) is 13.5 Å². The minimum absolute atomic E-state index is 0. The maximum atomic E-state index is 5.50. The fourth-order valence-corrected chi connectivity index (χ4v) is 1.44. The highest BCUT2D eigenvalue weighted by atomic mass is 35.5. The summed E-state index contributed by atoms with van der Waals surface area (Å²) in [6.45, 7) is 16.0. The number of ether oxygens (including phenoxy) is 2. The summed E-state index contributed by atoms with van der Waals surface area (Å²) in [7, 11) is 0. The number of hydrogen-bond acceptors (Lipinski definition) is 2. The highest BCUT2D eigenvalue weighted by molar-refractivity contribution is 4.70. The third-order valence-electron chi connectivity index (χ3n) is 2.17. The standard InChI is InChI=1S/C12H24NO2.ClH/c1-5-9-13(10-6-2,11-14-7-3)12-15-8-4;/h5-6H,1-2,7-12H2,3-4H3;1H/q+1;/p-1. The van der Waals surface area contributed by atoms with Crippen molar-refractivity contribution in [3.05, 3.63) is 25.3 Å². The molecule has 0 saturated carbocycles. The van der Waals surface area contributed by atoms with Crippen LogP contribution in [0.2, 0.25) is 0 Å². The molecule has 0 N–H and O–H groups in total. The van der Waals surface area contributed by atoms with Gasteiger partial charge in [0.05, 0.1) is 0 Å². The molecule has 16 heavy (non-hydrogen) atoms. The molecule has 4 heteroatoms. The van der Waals surface area contributed by atoms with Crippen LogP contribution in [0.5, 0.6) is 0 Å². The van der Waals surface area contributed by atoms with Gasteiger partial charge in [-0.25, -0.2) is 0 Å². The van der Waals surface area contributed by atoms with Gasteiger partial charge in [0.2, 0.25) is 0 Å². The Kier molecular flexibility index (Phi) is 12.6. The van der Waals surface area contributed by atoms with Crippen molar-refractivity contribution in [3.8, 4) is 0 Å². The third-order valence-corrected chi connectivity index (χ3v) is 2.17. The first-order valence-corrected chi connectivity index (χ1v) is 5.47. The summed E-state index contributed by atoms with van der Waals surface area (Å²) in [5.74, 6) is 0. The quantitative estimate of drug-likeness (QED) is 0.286. The maximum Gasteiger partial charge on any atom is 0.185 e. The first-order chi connectivity index (χ1) is 7.24. The first kappa shape index (κ1) is 18.0. The molecule has 0 heterocycles. The van der Waals surface area contributed by atoms with Crippen LogP contribution in [0.15, 0.2) is 25.3 Å². The molecule has 96 valence electrons. The van der Waals surface area contributed by atoms with Gasteiger partial charge in [0, 0.05) is 13.2 Å². The zero-order valence-corrected chi connectivity index (χ0v) is 11.2. The van der Waals surface area contributed by atoms with Gasteiger partial charge in [-0.15, -0.1) is 0 Å². The Morgan fingerprint density at radius 1 is 0.938 bits per heavy atom. The van der Waals surface area contributed by atoms with Gasteiger partial charge in [-0.05, 0) is 26.0 Å². The van der Waals surface area contributed by atoms with Crippen LogP contribution in [0.3, 0.4) is 0 Å².